The van der Waals surface area contributed by atoms with E-state index in [1.807, 2.05) is 13.0 Å². The number of halogens is 2. The molecule has 0 bridgehead atoms. The molecule has 1 aliphatic heterocycles. The van der Waals surface area contributed by atoms with Crippen LogP contribution in [0.25, 0.3) is 0 Å². The maximum atomic E-state index is 13.3. The molecule has 8 heteroatoms. The molecule has 3 rings (SSSR count). The van der Waals surface area contributed by atoms with Crippen molar-refractivity contribution >= 4 is 5.96 Å². The van der Waals surface area contributed by atoms with E-state index in [2.05, 4.69) is 33.7 Å². The summed E-state index contributed by atoms with van der Waals surface area (Å²) in [6.07, 6.45) is 0. The fourth-order valence-corrected chi connectivity index (χ4v) is 3.28. The molecule has 2 N–H and O–H groups in total. The minimum Gasteiger partial charge on any atom is -0.492 e. The first-order valence-electron chi connectivity index (χ1n) is 10.6. The second-order valence-electron chi connectivity index (χ2n) is 7.20. The van der Waals surface area contributed by atoms with Crippen molar-refractivity contribution in [3.63, 3.8) is 0 Å². The van der Waals surface area contributed by atoms with Crippen LogP contribution in [-0.2, 0) is 17.8 Å². The van der Waals surface area contributed by atoms with Crippen LogP contribution in [0.2, 0.25) is 0 Å². The molecular formula is C23H30F2N4O2. The third kappa shape index (κ3) is 7.48. The summed E-state index contributed by atoms with van der Waals surface area (Å²) >= 11 is 0. The SMILES string of the molecule is CCNC(=NCc1ccccc1CN1CCOCC1)NCCOc1ccc(F)c(F)c1. The molecule has 6 nitrogen and oxygen atoms in total. The van der Waals surface area contributed by atoms with Gasteiger partial charge in [-0.15, -0.1) is 0 Å². The summed E-state index contributed by atoms with van der Waals surface area (Å²) in [4.78, 5) is 7.09. The highest BCUT2D eigenvalue weighted by atomic mass is 19.2. The number of aliphatic imine (C=N–C) groups is 1. The maximum absolute atomic E-state index is 13.3. The number of morpholine rings is 1. The van der Waals surface area contributed by atoms with Crippen LogP contribution in [-0.4, -0.2) is 56.9 Å². The van der Waals surface area contributed by atoms with Gasteiger partial charge in [0.1, 0.15) is 12.4 Å². The van der Waals surface area contributed by atoms with Gasteiger partial charge < -0.3 is 20.1 Å². The van der Waals surface area contributed by atoms with E-state index in [0.717, 1.165) is 51.5 Å². The van der Waals surface area contributed by atoms with Crippen LogP contribution in [0.15, 0.2) is 47.5 Å². The zero-order valence-corrected chi connectivity index (χ0v) is 17.9. The lowest BCUT2D eigenvalue weighted by atomic mass is 10.1. The van der Waals surface area contributed by atoms with Gasteiger partial charge in [0.15, 0.2) is 17.6 Å². The Labute approximate surface area is 182 Å². The molecule has 1 heterocycles. The smallest absolute Gasteiger partial charge is 0.191 e. The Morgan fingerprint density at radius 2 is 1.84 bits per heavy atom. The molecule has 2 aromatic carbocycles. The summed E-state index contributed by atoms with van der Waals surface area (Å²) in [7, 11) is 0. The molecule has 0 aromatic heterocycles. The molecule has 0 unspecified atom stereocenters. The van der Waals surface area contributed by atoms with Crippen LogP contribution in [0.5, 0.6) is 5.75 Å². The molecule has 2 aromatic rings. The summed E-state index contributed by atoms with van der Waals surface area (Å²) in [5.41, 5.74) is 2.45. The van der Waals surface area contributed by atoms with Crippen LogP contribution >= 0.6 is 0 Å². The third-order valence-corrected chi connectivity index (χ3v) is 4.92. The predicted molar refractivity (Wildman–Crippen MR) is 117 cm³/mol. The van der Waals surface area contributed by atoms with Crippen molar-refractivity contribution in [2.45, 2.75) is 20.0 Å². The fraction of sp³-hybridized carbons (Fsp3) is 0.435. The van der Waals surface area contributed by atoms with E-state index in [1.54, 1.807) is 0 Å². The van der Waals surface area contributed by atoms with Gasteiger partial charge in [0, 0.05) is 32.2 Å². The monoisotopic (exact) mass is 432 g/mol. The van der Waals surface area contributed by atoms with Crippen molar-refractivity contribution in [3.05, 3.63) is 65.2 Å². The maximum Gasteiger partial charge on any atom is 0.191 e. The third-order valence-electron chi connectivity index (χ3n) is 4.92. The van der Waals surface area contributed by atoms with Gasteiger partial charge in [-0.1, -0.05) is 24.3 Å². The number of hydrogen-bond donors (Lipinski definition) is 2. The lowest BCUT2D eigenvalue weighted by Crippen LogP contribution is -2.39. The summed E-state index contributed by atoms with van der Waals surface area (Å²) in [6.45, 7) is 8.39. The number of nitrogens with zero attached hydrogens (tertiary/aromatic N) is 2. The van der Waals surface area contributed by atoms with E-state index >= 15 is 0 Å². The minimum atomic E-state index is -0.920. The molecule has 0 aliphatic carbocycles. The lowest BCUT2D eigenvalue weighted by Gasteiger charge is -2.27. The molecule has 1 saturated heterocycles. The van der Waals surface area contributed by atoms with Crippen LogP contribution < -0.4 is 15.4 Å². The summed E-state index contributed by atoms with van der Waals surface area (Å²) in [5, 5.41) is 6.42. The summed E-state index contributed by atoms with van der Waals surface area (Å²) in [6, 6.07) is 11.8. The van der Waals surface area contributed by atoms with Gasteiger partial charge >= 0.3 is 0 Å². The van der Waals surface area contributed by atoms with Gasteiger partial charge in [-0.05, 0) is 30.2 Å². The Balaban J connectivity index is 1.52. The van der Waals surface area contributed by atoms with Crippen molar-refractivity contribution in [3.8, 4) is 5.75 Å². The molecule has 168 valence electrons. The fourth-order valence-electron chi connectivity index (χ4n) is 3.28. The average molecular weight is 433 g/mol. The van der Waals surface area contributed by atoms with Crippen molar-refractivity contribution in [1.82, 2.24) is 15.5 Å². The van der Waals surface area contributed by atoms with Crippen molar-refractivity contribution in [2.24, 2.45) is 4.99 Å². The van der Waals surface area contributed by atoms with E-state index in [0.29, 0.717) is 31.4 Å². The van der Waals surface area contributed by atoms with E-state index in [1.165, 1.54) is 17.2 Å². The highest BCUT2D eigenvalue weighted by Gasteiger charge is 2.12. The Morgan fingerprint density at radius 1 is 1.06 bits per heavy atom. The van der Waals surface area contributed by atoms with Crippen LogP contribution in [0.4, 0.5) is 8.78 Å². The standard InChI is InChI=1S/C23H30F2N4O2/c1-2-26-23(27-9-12-31-20-7-8-21(24)22(25)15-20)28-16-18-5-3-4-6-19(18)17-29-10-13-30-14-11-29/h3-8,15H,2,9-14,16-17H2,1H3,(H2,26,27,28). The number of ether oxygens (including phenoxy) is 2. The van der Waals surface area contributed by atoms with Crippen molar-refractivity contribution in [2.75, 3.05) is 46.0 Å². The number of guanidine groups is 1. The molecule has 1 aliphatic rings. The number of rotatable bonds is 9. The zero-order valence-electron chi connectivity index (χ0n) is 17.9. The van der Waals surface area contributed by atoms with Crippen molar-refractivity contribution < 1.29 is 18.3 Å². The second-order valence-corrected chi connectivity index (χ2v) is 7.20. The molecule has 31 heavy (non-hydrogen) atoms. The Morgan fingerprint density at radius 3 is 2.58 bits per heavy atom. The van der Waals surface area contributed by atoms with Gasteiger partial charge in [-0.2, -0.15) is 0 Å². The zero-order chi connectivity index (χ0) is 21.9. The summed E-state index contributed by atoms with van der Waals surface area (Å²) in [5.74, 6) is -0.839. The molecule has 1 fully saturated rings. The van der Waals surface area contributed by atoms with Gasteiger partial charge in [-0.3, -0.25) is 4.90 Å². The number of nitrogens with one attached hydrogen (secondary N) is 2. The topological polar surface area (TPSA) is 58.1 Å². The first-order chi connectivity index (χ1) is 15.2. The van der Waals surface area contributed by atoms with Gasteiger partial charge in [0.05, 0.1) is 26.3 Å². The van der Waals surface area contributed by atoms with Gasteiger partial charge in [0.2, 0.25) is 0 Å². The minimum absolute atomic E-state index is 0.291. The second kappa shape index (κ2) is 12.2. The first-order valence-corrected chi connectivity index (χ1v) is 10.6. The Kier molecular flexibility index (Phi) is 9.05. The van der Waals surface area contributed by atoms with Gasteiger partial charge in [0.25, 0.3) is 0 Å². The Hall–Kier alpha value is -2.71. The molecule has 0 saturated carbocycles. The molecule has 0 atom stereocenters. The van der Waals surface area contributed by atoms with Crippen LogP contribution in [0, 0.1) is 11.6 Å². The van der Waals surface area contributed by atoms with E-state index in [4.69, 9.17) is 14.5 Å². The van der Waals surface area contributed by atoms with E-state index in [-0.39, 0.29) is 0 Å². The molecular weight excluding hydrogens is 402 g/mol. The van der Waals surface area contributed by atoms with Gasteiger partial charge in [-0.25, -0.2) is 13.8 Å². The summed E-state index contributed by atoms with van der Waals surface area (Å²) < 4.78 is 37.1. The van der Waals surface area contributed by atoms with E-state index in [9.17, 15) is 8.78 Å². The number of hydrogen-bond acceptors (Lipinski definition) is 4. The van der Waals surface area contributed by atoms with Crippen LogP contribution in [0.1, 0.15) is 18.1 Å². The Bertz CT molecular complexity index is 857. The highest BCUT2D eigenvalue weighted by molar-refractivity contribution is 5.79. The average Bonchev–Trinajstić information content (AvgIpc) is 2.79. The molecule has 0 amide bonds. The van der Waals surface area contributed by atoms with Crippen molar-refractivity contribution in [1.29, 1.82) is 0 Å². The normalized spacial score (nSPS) is 15.0. The highest BCUT2D eigenvalue weighted by Crippen LogP contribution is 2.15. The lowest BCUT2D eigenvalue weighted by molar-refractivity contribution is 0.0341. The van der Waals surface area contributed by atoms with Crippen LogP contribution in [0.3, 0.4) is 0 Å². The largest absolute Gasteiger partial charge is 0.492 e. The number of benzene rings is 2. The van der Waals surface area contributed by atoms with E-state index < -0.39 is 11.6 Å². The molecule has 0 spiro atoms. The molecule has 0 radical (unpaired) electrons. The first kappa shape index (κ1) is 23.0. The quantitative estimate of drug-likeness (QED) is 0.363. The predicted octanol–water partition coefficient (Wildman–Crippen LogP) is 2.93.